The summed E-state index contributed by atoms with van der Waals surface area (Å²) in [6.07, 6.45) is 1.07. The number of carbonyl (C=O) groups is 2. The normalized spacial score (nSPS) is 10.2. The van der Waals surface area contributed by atoms with E-state index in [1.807, 2.05) is 30.3 Å². The average Bonchev–Trinajstić information content (AvgIpc) is 2.53. The van der Waals surface area contributed by atoms with Crippen molar-refractivity contribution >= 4 is 11.9 Å². The van der Waals surface area contributed by atoms with Crippen LogP contribution in [-0.2, 0) is 16.0 Å². The molecule has 0 fully saturated rings. The highest BCUT2D eigenvalue weighted by Gasteiger charge is 2.22. The van der Waals surface area contributed by atoms with E-state index in [4.69, 9.17) is 4.74 Å². The molecule has 3 amide bonds. The van der Waals surface area contributed by atoms with Gasteiger partial charge in [0.15, 0.2) is 0 Å². The van der Waals surface area contributed by atoms with Crippen LogP contribution >= 0.6 is 0 Å². The number of methoxy groups -OCH3 is 1. The topological polar surface area (TPSA) is 49.9 Å². The molecule has 1 aromatic rings. The van der Waals surface area contributed by atoms with Crippen molar-refractivity contribution in [2.45, 2.75) is 19.8 Å². The van der Waals surface area contributed by atoms with E-state index in [1.54, 1.807) is 26.0 Å². The summed E-state index contributed by atoms with van der Waals surface area (Å²) < 4.78 is 4.96. The first kappa shape index (κ1) is 17.2. The SMILES string of the molecule is CCC(=O)N(CCOC)C(=O)N(C)CCc1ccccc1. The number of amides is 3. The van der Waals surface area contributed by atoms with Crippen molar-refractivity contribution < 1.29 is 14.3 Å². The van der Waals surface area contributed by atoms with Gasteiger partial charge in [-0.2, -0.15) is 0 Å². The Morgan fingerprint density at radius 2 is 1.81 bits per heavy atom. The van der Waals surface area contributed by atoms with Crippen molar-refractivity contribution in [1.82, 2.24) is 9.80 Å². The van der Waals surface area contributed by atoms with Crippen molar-refractivity contribution in [3.63, 3.8) is 0 Å². The van der Waals surface area contributed by atoms with Crippen LogP contribution in [-0.4, -0.2) is 55.6 Å². The third-order valence-electron chi connectivity index (χ3n) is 3.26. The highest BCUT2D eigenvalue weighted by Crippen LogP contribution is 2.04. The molecule has 0 saturated carbocycles. The maximum Gasteiger partial charge on any atom is 0.326 e. The Balaban J connectivity index is 2.58. The largest absolute Gasteiger partial charge is 0.383 e. The van der Waals surface area contributed by atoms with Gasteiger partial charge in [0.25, 0.3) is 0 Å². The fraction of sp³-hybridized carbons (Fsp3) is 0.500. The number of imide groups is 1. The molecule has 5 nitrogen and oxygen atoms in total. The van der Waals surface area contributed by atoms with Gasteiger partial charge in [-0.3, -0.25) is 9.69 Å². The fourth-order valence-electron chi connectivity index (χ4n) is 1.94. The van der Waals surface area contributed by atoms with E-state index in [0.29, 0.717) is 19.6 Å². The van der Waals surface area contributed by atoms with E-state index in [9.17, 15) is 9.59 Å². The predicted molar refractivity (Wildman–Crippen MR) is 82.1 cm³/mol. The van der Waals surface area contributed by atoms with Gasteiger partial charge >= 0.3 is 6.03 Å². The Labute approximate surface area is 126 Å². The summed E-state index contributed by atoms with van der Waals surface area (Å²) in [5.74, 6) is -0.177. The summed E-state index contributed by atoms with van der Waals surface area (Å²) in [6, 6.07) is 9.70. The second kappa shape index (κ2) is 9.13. The number of ether oxygens (including phenoxy) is 1. The van der Waals surface area contributed by atoms with Crippen LogP contribution < -0.4 is 0 Å². The van der Waals surface area contributed by atoms with Gasteiger partial charge in [0.2, 0.25) is 5.91 Å². The molecule has 0 N–H and O–H groups in total. The highest BCUT2D eigenvalue weighted by atomic mass is 16.5. The molecule has 1 aromatic carbocycles. The lowest BCUT2D eigenvalue weighted by Crippen LogP contribution is -2.46. The summed E-state index contributed by atoms with van der Waals surface area (Å²) in [5.41, 5.74) is 1.17. The van der Waals surface area contributed by atoms with Crippen molar-refractivity contribution in [2.75, 3.05) is 33.9 Å². The molecule has 0 radical (unpaired) electrons. The van der Waals surface area contributed by atoms with Crippen LogP contribution in [0.2, 0.25) is 0 Å². The van der Waals surface area contributed by atoms with Crippen LogP contribution in [0.15, 0.2) is 30.3 Å². The van der Waals surface area contributed by atoms with Gasteiger partial charge in [0.1, 0.15) is 0 Å². The lowest BCUT2D eigenvalue weighted by Gasteiger charge is -2.26. The van der Waals surface area contributed by atoms with Crippen molar-refractivity contribution in [1.29, 1.82) is 0 Å². The Morgan fingerprint density at radius 1 is 1.14 bits per heavy atom. The first-order valence-electron chi connectivity index (χ1n) is 7.18. The second-order valence-electron chi connectivity index (χ2n) is 4.83. The van der Waals surface area contributed by atoms with Gasteiger partial charge in [-0.05, 0) is 12.0 Å². The first-order valence-corrected chi connectivity index (χ1v) is 7.18. The minimum atomic E-state index is -0.269. The molecule has 0 aliphatic heterocycles. The van der Waals surface area contributed by atoms with Crippen LogP contribution in [0.25, 0.3) is 0 Å². The molecule has 1 rings (SSSR count). The van der Waals surface area contributed by atoms with Gasteiger partial charge in [0, 0.05) is 27.1 Å². The Bertz CT molecular complexity index is 448. The number of urea groups is 1. The molecule has 0 bridgehead atoms. The van der Waals surface area contributed by atoms with Crippen molar-refractivity contribution in [3.8, 4) is 0 Å². The zero-order valence-corrected chi connectivity index (χ0v) is 13.0. The molecule has 0 heterocycles. The average molecular weight is 292 g/mol. The minimum absolute atomic E-state index is 0.177. The second-order valence-corrected chi connectivity index (χ2v) is 4.83. The number of hydrogen-bond acceptors (Lipinski definition) is 3. The van der Waals surface area contributed by atoms with E-state index < -0.39 is 0 Å². The third-order valence-corrected chi connectivity index (χ3v) is 3.26. The van der Waals surface area contributed by atoms with E-state index in [0.717, 1.165) is 6.42 Å². The molecule has 0 unspecified atom stereocenters. The Hall–Kier alpha value is -1.88. The molecule has 0 aromatic heterocycles. The van der Waals surface area contributed by atoms with Crippen molar-refractivity contribution in [2.24, 2.45) is 0 Å². The molecule has 0 saturated heterocycles. The maximum absolute atomic E-state index is 12.3. The van der Waals surface area contributed by atoms with E-state index in [2.05, 4.69) is 0 Å². The van der Waals surface area contributed by atoms with Gasteiger partial charge in [-0.15, -0.1) is 0 Å². The number of carbonyl (C=O) groups excluding carboxylic acids is 2. The zero-order valence-electron chi connectivity index (χ0n) is 13.0. The number of nitrogens with zero attached hydrogens (tertiary/aromatic N) is 2. The summed E-state index contributed by atoms with van der Waals surface area (Å²) in [5, 5.41) is 0. The first-order chi connectivity index (χ1) is 10.1. The standard InChI is InChI=1S/C16H24N2O3/c1-4-15(19)18(12-13-21-3)16(20)17(2)11-10-14-8-6-5-7-9-14/h5-9H,4,10-13H2,1-3H3. The summed E-state index contributed by atoms with van der Waals surface area (Å²) in [7, 11) is 3.27. The van der Waals surface area contributed by atoms with E-state index in [-0.39, 0.29) is 18.5 Å². The lowest BCUT2D eigenvalue weighted by molar-refractivity contribution is -0.128. The summed E-state index contributed by atoms with van der Waals surface area (Å²) >= 11 is 0. The molecule has 0 aliphatic rings. The molecular weight excluding hydrogens is 268 g/mol. The van der Waals surface area contributed by atoms with Crippen LogP contribution in [0.1, 0.15) is 18.9 Å². The number of rotatable bonds is 7. The molecule has 0 atom stereocenters. The van der Waals surface area contributed by atoms with Crippen LogP contribution in [0.5, 0.6) is 0 Å². The molecular formula is C16H24N2O3. The predicted octanol–water partition coefficient (Wildman–Crippen LogP) is 2.17. The van der Waals surface area contributed by atoms with Crippen molar-refractivity contribution in [3.05, 3.63) is 35.9 Å². The Kier molecular flexibility index (Phi) is 7.46. The van der Waals surface area contributed by atoms with Gasteiger partial charge in [-0.25, -0.2) is 4.79 Å². The summed E-state index contributed by atoms with van der Waals surface area (Å²) in [4.78, 5) is 27.0. The van der Waals surface area contributed by atoms with Crippen LogP contribution in [0.4, 0.5) is 4.79 Å². The number of hydrogen-bond donors (Lipinski definition) is 0. The molecule has 0 aliphatic carbocycles. The molecule has 0 spiro atoms. The number of likely N-dealkylation sites (N-methyl/N-ethyl adjacent to an activating group) is 1. The van der Waals surface area contributed by atoms with E-state index >= 15 is 0 Å². The van der Waals surface area contributed by atoms with E-state index in [1.165, 1.54) is 10.5 Å². The molecule has 116 valence electrons. The molecule has 5 heteroatoms. The van der Waals surface area contributed by atoms with Crippen LogP contribution in [0, 0.1) is 0 Å². The smallest absolute Gasteiger partial charge is 0.326 e. The Morgan fingerprint density at radius 3 is 2.38 bits per heavy atom. The van der Waals surface area contributed by atoms with Gasteiger partial charge < -0.3 is 9.64 Å². The summed E-state index contributed by atoms with van der Waals surface area (Å²) in [6.45, 7) is 2.96. The minimum Gasteiger partial charge on any atom is -0.383 e. The maximum atomic E-state index is 12.3. The molecule has 21 heavy (non-hydrogen) atoms. The van der Waals surface area contributed by atoms with Gasteiger partial charge in [-0.1, -0.05) is 37.3 Å². The lowest BCUT2D eigenvalue weighted by atomic mass is 10.1. The zero-order chi connectivity index (χ0) is 15.7. The fourth-order valence-corrected chi connectivity index (χ4v) is 1.94. The monoisotopic (exact) mass is 292 g/mol. The number of benzene rings is 1. The third kappa shape index (κ3) is 5.55. The highest BCUT2D eigenvalue weighted by molar-refractivity contribution is 5.94. The van der Waals surface area contributed by atoms with Crippen LogP contribution in [0.3, 0.4) is 0 Å². The van der Waals surface area contributed by atoms with Gasteiger partial charge in [0.05, 0.1) is 13.2 Å². The quantitative estimate of drug-likeness (QED) is 0.774.